The molecule has 0 spiro atoms. The molecule has 1 aromatic rings. The maximum atomic E-state index is 8.68. The highest BCUT2D eigenvalue weighted by Gasteiger charge is 2.01. The number of hydrogen-bond donors (Lipinski definition) is 0. The van der Waals surface area contributed by atoms with Crippen LogP contribution in [0.15, 0.2) is 18.2 Å². The summed E-state index contributed by atoms with van der Waals surface area (Å²) in [6.45, 7) is 1.45. The van der Waals surface area contributed by atoms with Gasteiger partial charge in [0.15, 0.2) is 0 Å². The van der Waals surface area contributed by atoms with Gasteiger partial charge in [-0.25, -0.2) is 0 Å². The summed E-state index contributed by atoms with van der Waals surface area (Å²) in [5.41, 5.74) is 0.469. The Morgan fingerprint density at radius 2 is 2.20 bits per heavy atom. The van der Waals surface area contributed by atoms with E-state index in [0.717, 1.165) is 6.54 Å². The summed E-state index contributed by atoms with van der Waals surface area (Å²) >= 11 is 5.86. The van der Waals surface area contributed by atoms with Gasteiger partial charge < -0.3 is 9.64 Å². The predicted octanol–water partition coefficient (Wildman–Crippen LogP) is 2.15. The third kappa shape index (κ3) is 3.78. The van der Waals surface area contributed by atoms with Crippen molar-refractivity contribution in [3.63, 3.8) is 0 Å². The number of likely N-dealkylation sites (N-methyl/N-ethyl adjacent to an activating group) is 1. The van der Waals surface area contributed by atoms with Crippen molar-refractivity contribution >= 4 is 11.6 Å². The highest BCUT2D eigenvalue weighted by molar-refractivity contribution is 6.31. The zero-order valence-electron chi connectivity index (χ0n) is 8.83. The third-order valence-corrected chi connectivity index (χ3v) is 2.18. The Hall–Kier alpha value is -1.24. The van der Waals surface area contributed by atoms with Crippen LogP contribution in [-0.2, 0) is 0 Å². The molecule has 0 amide bonds. The number of benzene rings is 1. The zero-order valence-corrected chi connectivity index (χ0v) is 9.58. The van der Waals surface area contributed by atoms with Crippen LogP contribution in [0.2, 0.25) is 5.02 Å². The highest BCUT2D eigenvalue weighted by Crippen LogP contribution is 2.21. The molecule has 4 heteroatoms. The van der Waals surface area contributed by atoms with E-state index in [9.17, 15) is 0 Å². The molecular weight excluding hydrogens is 212 g/mol. The van der Waals surface area contributed by atoms with E-state index in [4.69, 9.17) is 21.6 Å². The second-order valence-corrected chi connectivity index (χ2v) is 3.81. The fourth-order valence-corrected chi connectivity index (χ4v) is 1.24. The van der Waals surface area contributed by atoms with E-state index in [1.165, 1.54) is 0 Å². The maximum absolute atomic E-state index is 8.68. The Morgan fingerprint density at radius 3 is 2.73 bits per heavy atom. The van der Waals surface area contributed by atoms with Crippen LogP contribution in [0, 0.1) is 11.3 Å². The van der Waals surface area contributed by atoms with Gasteiger partial charge in [-0.1, -0.05) is 11.6 Å². The zero-order chi connectivity index (χ0) is 11.3. The summed E-state index contributed by atoms with van der Waals surface area (Å²) in [6.07, 6.45) is 0. The van der Waals surface area contributed by atoms with E-state index in [1.807, 2.05) is 25.1 Å². The van der Waals surface area contributed by atoms with Gasteiger partial charge >= 0.3 is 0 Å². The monoisotopic (exact) mass is 224 g/mol. The Labute approximate surface area is 94.8 Å². The van der Waals surface area contributed by atoms with Crippen LogP contribution in [0.3, 0.4) is 0 Å². The Bertz CT molecular complexity index is 371. The lowest BCUT2D eigenvalue weighted by atomic mass is 10.2. The van der Waals surface area contributed by atoms with Crippen LogP contribution in [0.1, 0.15) is 5.56 Å². The summed E-state index contributed by atoms with van der Waals surface area (Å²) in [5.74, 6) is 0.695. The molecule has 0 bridgehead atoms. The van der Waals surface area contributed by atoms with Crippen LogP contribution in [0.25, 0.3) is 0 Å². The molecule has 0 atom stereocenters. The van der Waals surface area contributed by atoms with Crippen molar-refractivity contribution in [2.45, 2.75) is 0 Å². The molecule has 0 fully saturated rings. The van der Waals surface area contributed by atoms with E-state index in [0.29, 0.717) is 22.9 Å². The van der Waals surface area contributed by atoms with Gasteiger partial charge in [0, 0.05) is 12.6 Å². The topological polar surface area (TPSA) is 36.3 Å². The SMILES string of the molecule is CN(C)CCOc1ccc(C#N)c(Cl)c1. The van der Waals surface area contributed by atoms with Gasteiger partial charge in [0.1, 0.15) is 18.4 Å². The lowest BCUT2D eigenvalue weighted by molar-refractivity contribution is 0.261. The van der Waals surface area contributed by atoms with Gasteiger partial charge in [0.05, 0.1) is 10.6 Å². The average Bonchev–Trinajstić information content (AvgIpc) is 2.17. The quantitative estimate of drug-likeness (QED) is 0.787. The molecule has 80 valence electrons. The summed E-state index contributed by atoms with van der Waals surface area (Å²) in [7, 11) is 3.96. The molecule has 3 nitrogen and oxygen atoms in total. The molecule has 0 saturated heterocycles. The second kappa shape index (κ2) is 5.59. The van der Waals surface area contributed by atoms with Crippen LogP contribution in [-0.4, -0.2) is 32.1 Å². The van der Waals surface area contributed by atoms with Crippen LogP contribution in [0.4, 0.5) is 0 Å². The summed E-state index contributed by atoms with van der Waals surface area (Å²) in [6, 6.07) is 7.07. The molecule has 0 saturated carbocycles. The molecular formula is C11H13ClN2O. The standard InChI is InChI=1S/C11H13ClN2O/c1-14(2)5-6-15-10-4-3-9(8-13)11(12)7-10/h3-4,7H,5-6H2,1-2H3. The molecule has 0 aromatic heterocycles. The first-order valence-electron chi connectivity index (χ1n) is 4.60. The fraction of sp³-hybridized carbons (Fsp3) is 0.364. The van der Waals surface area contributed by atoms with Crippen LogP contribution in [0.5, 0.6) is 5.75 Å². The van der Waals surface area contributed by atoms with E-state index in [-0.39, 0.29) is 0 Å². The normalized spacial score (nSPS) is 10.1. The van der Waals surface area contributed by atoms with Gasteiger partial charge in [-0.05, 0) is 26.2 Å². The molecule has 0 radical (unpaired) electrons. The molecule has 15 heavy (non-hydrogen) atoms. The van der Waals surface area contributed by atoms with Crippen molar-refractivity contribution in [1.29, 1.82) is 5.26 Å². The molecule has 0 N–H and O–H groups in total. The van der Waals surface area contributed by atoms with Gasteiger partial charge in [-0.2, -0.15) is 5.26 Å². The van der Waals surface area contributed by atoms with Crippen molar-refractivity contribution in [3.8, 4) is 11.8 Å². The van der Waals surface area contributed by atoms with Crippen molar-refractivity contribution in [3.05, 3.63) is 28.8 Å². The lowest BCUT2D eigenvalue weighted by Gasteiger charge is -2.11. The highest BCUT2D eigenvalue weighted by atomic mass is 35.5. The van der Waals surface area contributed by atoms with E-state index in [1.54, 1.807) is 18.2 Å². The molecule has 1 rings (SSSR count). The Kier molecular flexibility index (Phi) is 4.41. The van der Waals surface area contributed by atoms with Crippen molar-refractivity contribution in [2.24, 2.45) is 0 Å². The Balaban J connectivity index is 2.57. The number of halogens is 1. The average molecular weight is 225 g/mol. The first-order chi connectivity index (χ1) is 7.13. The number of nitriles is 1. The minimum absolute atomic E-state index is 0.430. The van der Waals surface area contributed by atoms with Gasteiger partial charge in [-0.3, -0.25) is 0 Å². The van der Waals surface area contributed by atoms with E-state index in [2.05, 4.69) is 0 Å². The summed E-state index contributed by atoms with van der Waals surface area (Å²) in [5, 5.41) is 9.11. The maximum Gasteiger partial charge on any atom is 0.120 e. The first kappa shape index (κ1) is 11.8. The molecule has 0 aliphatic carbocycles. The Morgan fingerprint density at radius 1 is 1.47 bits per heavy atom. The largest absolute Gasteiger partial charge is 0.492 e. The number of hydrogen-bond acceptors (Lipinski definition) is 3. The first-order valence-corrected chi connectivity index (χ1v) is 4.98. The van der Waals surface area contributed by atoms with E-state index < -0.39 is 0 Å². The molecule has 0 aliphatic rings. The lowest BCUT2D eigenvalue weighted by Crippen LogP contribution is -2.19. The molecule has 1 aromatic carbocycles. The van der Waals surface area contributed by atoms with Gasteiger partial charge in [0.2, 0.25) is 0 Å². The van der Waals surface area contributed by atoms with Gasteiger partial charge in [0.25, 0.3) is 0 Å². The van der Waals surface area contributed by atoms with Crippen molar-refractivity contribution in [1.82, 2.24) is 4.90 Å². The number of nitrogens with zero attached hydrogens (tertiary/aromatic N) is 2. The summed E-state index contributed by atoms with van der Waals surface area (Å²) in [4.78, 5) is 2.03. The minimum atomic E-state index is 0.430. The predicted molar refractivity (Wildman–Crippen MR) is 60.2 cm³/mol. The number of ether oxygens (including phenoxy) is 1. The second-order valence-electron chi connectivity index (χ2n) is 3.41. The van der Waals surface area contributed by atoms with Crippen molar-refractivity contribution < 1.29 is 4.74 Å². The molecule has 0 aliphatic heterocycles. The summed E-state index contributed by atoms with van der Waals surface area (Å²) < 4.78 is 5.46. The van der Waals surface area contributed by atoms with Gasteiger partial charge in [-0.15, -0.1) is 0 Å². The molecule has 0 heterocycles. The fourth-order valence-electron chi connectivity index (χ4n) is 1.02. The van der Waals surface area contributed by atoms with Crippen LogP contribution >= 0.6 is 11.6 Å². The van der Waals surface area contributed by atoms with E-state index >= 15 is 0 Å². The molecule has 0 unspecified atom stereocenters. The number of rotatable bonds is 4. The van der Waals surface area contributed by atoms with Crippen molar-refractivity contribution in [2.75, 3.05) is 27.2 Å². The minimum Gasteiger partial charge on any atom is -0.492 e. The van der Waals surface area contributed by atoms with Crippen LogP contribution < -0.4 is 4.74 Å². The smallest absolute Gasteiger partial charge is 0.120 e. The third-order valence-electron chi connectivity index (χ3n) is 1.87.